The van der Waals surface area contributed by atoms with Crippen molar-refractivity contribution in [2.24, 2.45) is 10.8 Å². The van der Waals surface area contributed by atoms with Crippen LogP contribution in [0.3, 0.4) is 0 Å². The van der Waals surface area contributed by atoms with Gasteiger partial charge in [0, 0.05) is 29.4 Å². The highest BCUT2D eigenvalue weighted by Gasteiger charge is 2.58. The molecule has 0 radical (unpaired) electrons. The summed E-state index contributed by atoms with van der Waals surface area (Å²) in [5, 5.41) is 32.7. The molecule has 0 spiro atoms. The van der Waals surface area contributed by atoms with Gasteiger partial charge in [-0.1, -0.05) is 178 Å². The highest BCUT2D eigenvalue weighted by molar-refractivity contribution is 5.95. The van der Waals surface area contributed by atoms with Crippen molar-refractivity contribution in [3.63, 3.8) is 0 Å². The van der Waals surface area contributed by atoms with Crippen LogP contribution in [-0.4, -0.2) is 51.3 Å². The molecule has 0 unspecified atom stereocenters. The van der Waals surface area contributed by atoms with E-state index in [-0.39, 0.29) is 23.5 Å². The summed E-state index contributed by atoms with van der Waals surface area (Å²) >= 11 is 0. The van der Waals surface area contributed by atoms with E-state index in [1.807, 2.05) is 50.3 Å². The molecule has 1 fully saturated rings. The zero-order chi connectivity index (χ0) is 44.2. The zero-order valence-electron chi connectivity index (χ0n) is 39.1. The van der Waals surface area contributed by atoms with Gasteiger partial charge in [0.1, 0.15) is 11.4 Å². The Morgan fingerprint density at radius 2 is 1.38 bits per heavy atom. The fourth-order valence-corrected chi connectivity index (χ4v) is 9.26. The van der Waals surface area contributed by atoms with E-state index >= 15 is 0 Å². The van der Waals surface area contributed by atoms with Gasteiger partial charge in [-0.05, 0) is 88.8 Å². The van der Waals surface area contributed by atoms with Gasteiger partial charge in [-0.2, -0.15) is 0 Å². The topological polar surface area (TPSA) is 96.2 Å². The molecule has 0 amide bonds. The fraction of sp³-hybridized carbons (Fsp3) is 0.648. The van der Waals surface area contributed by atoms with Crippen LogP contribution < -0.4 is 0 Å². The van der Waals surface area contributed by atoms with Crippen molar-refractivity contribution in [1.29, 1.82) is 0 Å². The number of unbranched alkanes of at least 4 members (excludes halogenated alkanes) is 14. The molecule has 334 valence electrons. The van der Waals surface area contributed by atoms with Crippen LogP contribution in [0.15, 0.2) is 94.4 Å². The van der Waals surface area contributed by atoms with Crippen molar-refractivity contribution in [3.8, 4) is 11.8 Å². The monoisotopic (exact) mass is 827 g/mol. The number of cyclic esters (lactones) is 1. The Morgan fingerprint density at radius 1 is 0.817 bits per heavy atom. The molecule has 1 saturated carbocycles. The quantitative estimate of drug-likeness (QED) is 0.0411. The van der Waals surface area contributed by atoms with Crippen LogP contribution in [0, 0.1) is 22.7 Å². The highest BCUT2D eigenvalue weighted by Crippen LogP contribution is 2.50. The molecule has 0 aromatic heterocycles. The Morgan fingerprint density at radius 3 is 1.95 bits per heavy atom. The Hall–Kier alpha value is -3.21. The second kappa shape index (κ2) is 25.0. The summed E-state index contributed by atoms with van der Waals surface area (Å²) in [4.78, 5) is 12.6. The van der Waals surface area contributed by atoms with Crippen LogP contribution in [0.1, 0.15) is 184 Å². The van der Waals surface area contributed by atoms with Crippen LogP contribution >= 0.6 is 0 Å². The number of carbonyl (C=O) groups is 1. The number of aliphatic hydroxyl groups is 3. The predicted octanol–water partition coefficient (Wildman–Crippen LogP) is 13.0. The van der Waals surface area contributed by atoms with Crippen LogP contribution in [0.2, 0.25) is 0 Å². The van der Waals surface area contributed by atoms with E-state index in [9.17, 15) is 20.1 Å². The summed E-state index contributed by atoms with van der Waals surface area (Å²) in [6.07, 6.45) is 40.6. The van der Waals surface area contributed by atoms with Gasteiger partial charge in [-0.3, -0.25) is 0 Å². The summed E-state index contributed by atoms with van der Waals surface area (Å²) in [5.74, 6) is 6.76. The highest BCUT2D eigenvalue weighted by atomic mass is 16.5. The van der Waals surface area contributed by atoms with Gasteiger partial charge in [-0.15, -0.1) is 0 Å². The van der Waals surface area contributed by atoms with E-state index in [1.165, 1.54) is 120 Å². The first kappa shape index (κ1) is 51.1. The normalized spacial score (nSPS) is 26.7. The molecule has 4 atom stereocenters. The van der Waals surface area contributed by atoms with E-state index in [1.54, 1.807) is 26.0 Å². The average Bonchev–Trinajstić information content (AvgIpc) is 3.50. The van der Waals surface area contributed by atoms with Crippen LogP contribution in [-0.2, 0) is 14.3 Å². The van der Waals surface area contributed by atoms with Gasteiger partial charge >= 0.3 is 5.97 Å². The lowest BCUT2D eigenvalue weighted by Gasteiger charge is -2.54. The van der Waals surface area contributed by atoms with Crippen LogP contribution in [0.4, 0.5) is 0 Å². The third kappa shape index (κ3) is 16.6. The molecule has 3 aliphatic rings. The molecule has 1 heterocycles. The summed E-state index contributed by atoms with van der Waals surface area (Å²) in [5.41, 5.74) is 0.713. The summed E-state index contributed by atoms with van der Waals surface area (Å²) in [7, 11) is 0. The molecule has 0 saturated heterocycles. The maximum atomic E-state index is 12.6. The lowest BCUT2D eigenvalue weighted by Crippen LogP contribution is -2.65. The molecule has 2 aliphatic carbocycles. The van der Waals surface area contributed by atoms with Crippen molar-refractivity contribution < 1.29 is 29.6 Å². The number of allylic oxidation sites excluding steroid dienone is 11. The minimum atomic E-state index is -1.64. The molecule has 6 heteroatoms. The number of hydrogen-bond donors (Lipinski definition) is 3. The van der Waals surface area contributed by atoms with Gasteiger partial charge in [0.25, 0.3) is 0 Å². The van der Waals surface area contributed by atoms with E-state index in [0.717, 1.165) is 37.0 Å². The number of carbonyl (C=O) groups excluding carboxylic acids is 1. The number of aliphatic hydroxyl groups excluding tert-OH is 1. The largest absolute Gasteiger partial charge is 0.423 e. The van der Waals surface area contributed by atoms with Crippen molar-refractivity contribution in [2.75, 3.05) is 6.61 Å². The average molecular weight is 827 g/mol. The van der Waals surface area contributed by atoms with Gasteiger partial charge in [0.15, 0.2) is 0 Å². The second-order valence-corrected chi connectivity index (χ2v) is 19.5. The molecule has 0 aromatic carbocycles. The Balaban J connectivity index is 1.39. The van der Waals surface area contributed by atoms with Crippen molar-refractivity contribution in [2.45, 2.75) is 208 Å². The second-order valence-electron chi connectivity index (χ2n) is 19.5. The smallest absolute Gasteiger partial charge is 0.343 e. The first-order valence-corrected chi connectivity index (χ1v) is 23.4. The van der Waals surface area contributed by atoms with E-state index in [0.29, 0.717) is 12.2 Å². The first-order valence-electron chi connectivity index (χ1n) is 23.4. The summed E-state index contributed by atoms with van der Waals surface area (Å²) < 4.78 is 11.8. The molecule has 3 N–H and O–H groups in total. The molecule has 60 heavy (non-hydrogen) atoms. The Bertz CT molecular complexity index is 1680. The third-order valence-corrected chi connectivity index (χ3v) is 12.8. The number of esters is 1. The fourth-order valence-electron chi connectivity index (χ4n) is 9.26. The van der Waals surface area contributed by atoms with Gasteiger partial charge < -0.3 is 24.8 Å². The van der Waals surface area contributed by atoms with E-state index in [2.05, 4.69) is 39.5 Å². The minimum absolute atomic E-state index is 0.0138. The lowest BCUT2D eigenvalue weighted by molar-refractivity contribution is -0.216. The predicted molar refractivity (Wildman–Crippen MR) is 250 cm³/mol. The van der Waals surface area contributed by atoms with Gasteiger partial charge in [0.05, 0.1) is 23.4 Å². The molecular weight excluding hydrogens is 745 g/mol. The van der Waals surface area contributed by atoms with E-state index < -0.39 is 28.7 Å². The standard InChI is InChI=1S/C54H82O6/c1-10-11-12-13-14-15-16-17-18-19-20-21-22-25-28-35-59-48-37-44(4)49(51(5,6)41-48)32-31-42(2)29-26-23-24-27-30-43(3)36-47-38-45(50(56)60-47)33-34-54(58)52(7,8)39-46(55)40-53(54,9)57/h23-24,26-27,29-30,33-34,36,38,46,48,55,57-58H,10-22,25,28,35,37,39-41H2,1-9H3/b26-23+,27-24+,34-33+,42-29+,43-30+,47-36-/t46-,48+,53+,54+/m0/s1. The lowest BCUT2D eigenvalue weighted by atomic mass is 9.57. The molecule has 0 bridgehead atoms. The van der Waals surface area contributed by atoms with Crippen molar-refractivity contribution >= 4 is 5.97 Å². The van der Waals surface area contributed by atoms with Crippen LogP contribution in [0.25, 0.3) is 0 Å². The molecule has 0 aromatic rings. The summed E-state index contributed by atoms with van der Waals surface area (Å²) in [6, 6.07) is 0. The molecule has 6 nitrogen and oxygen atoms in total. The molecule has 3 rings (SSSR count). The van der Waals surface area contributed by atoms with Gasteiger partial charge in [0.2, 0.25) is 0 Å². The zero-order valence-corrected chi connectivity index (χ0v) is 39.1. The number of hydrogen-bond acceptors (Lipinski definition) is 6. The van der Waals surface area contributed by atoms with Crippen LogP contribution in [0.5, 0.6) is 0 Å². The number of rotatable bonds is 23. The number of ether oxygens (including phenoxy) is 2. The molecule has 1 aliphatic heterocycles. The molecular formula is C54H82O6. The van der Waals surface area contributed by atoms with Gasteiger partial charge in [-0.25, -0.2) is 4.79 Å². The van der Waals surface area contributed by atoms with E-state index in [4.69, 9.17) is 9.47 Å². The Kier molecular flexibility index (Phi) is 21.3. The summed E-state index contributed by atoms with van der Waals surface area (Å²) in [6.45, 7) is 19.0. The first-order chi connectivity index (χ1) is 28.4. The minimum Gasteiger partial charge on any atom is -0.423 e. The SMILES string of the molecule is CCCCCCCCCCCCCCCCCO[C@@H]1CC(C)=C(C#C/C(C)=C/C=C/C=C/C=C(C)/C=C2C=C(/C=C/[C@@]3(O)C(C)(C)C[C@H](O)C[C@@]3(C)O)C(=O)O/2)C(C)(C)C1. The maximum absolute atomic E-state index is 12.6. The van der Waals surface area contributed by atoms with Crippen molar-refractivity contribution in [1.82, 2.24) is 0 Å². The van der Waals surface area contributed by atoms with Crippen molar-refractivity contribution in [3.05, 3.63) is 94.4 Å². The Labute approximate surface area is 365 Å². The third-order valence-electron chi connectivity index (χ3n) is 12.8. The maximum Gasteiger partial charge on any atom is 0.343 e.